The number of aromatic nitrogens is 1. The normalized spacial score (nSPS) is 21.6. The Bertz CT molecular complexity index is 335. The molecule has 1 aromatic heterocycles. The summed E-state index contributed by atoms with van der Waals surface area (Å²) in [5.74, 6) is 0.680. The topological polar surface area (TPSA) is 24.9 Å². The summed E-state index contributed by atoms with van der Waals surface area (Å²) >= 11 is 11.9. The average Bonchev–Trinajstić information content (AvgIpc) is 2.24. The van der Waals surface area contributed by atoms with Crippen LogP contribution in [-0.4, -0.2) is 18.1 Å². The molecule has 2 heterocycles. The van der Waals surface area contributed by atoms with Gasteiger partial charge in [0.15, 0.2) is 0 Å². The van der Waals surface area contributed by atoms with E-state index in [1.165, 1.54) is 12.8 Å². The standard InChI is InChI=1S/C11H14Cl2N2/c12-10-5-11(13)15-7-9(10)4-8-2-1-3-14-6-8/h5,7-8,14H,1-4,6H2. The van der Waals surface area contributed by atoms with Crippen LogP contribution in [0.15, 0.2) is 12.3 Å². The molecule has 1 unspecified atom stereocenters. The van der Waals surface area contributed by atoms with E-state index in [2.05, 4.69) is 10.3 Å². The Labute approximate surface area is 100.0 Å². The van der Waals surface area contributed by atoms with Gasteiger partial charge in [0.05, 0.1) is 0 Å². The fourth-order valence-corrected chi connectivity index (χ4v) is 2.44. The van der Waals surface area contributed by atoms with Crippen LogP contribution >= 0.6 is 23.2 Å². The highest BCUT2D eigenvalue weighted by molar-refractivity contribution is 6.34. The van der Waals surface area contributed by atoms with E-state index < -0.39 is 0 Å². The number of piperidine rings is 1. The zero-order valence-corrected chi connectivity index (χ0v) is 9.98. The van der Waals surface area contributed by atoms with E-state index in [-0.39, 0.29) is 0 Å². The van der Waals surface area contributed by atoms with Crippen molar-refractivity contribution in [3.8, 4) is 0 Å². The van der Waals surface area contributed by atoms with Crippen LogP contribution in [0.4, 0.5) is 0 Å². The predicted octanol–water partition coefficient (Wildman–Crippen LogP) is 2.93. The smallest absolute Gasteiger partial charge is 0.130 e. The van der Waals surface area contributed by atoms with Crippen molar-refractivity contribution in [1.29, 1.82) is 0 Å². The largest absolute Gasteiger partial charge is 0.316 e. The van der Waals surface area contributed by atoms with Gasteiger partial charge < -0.3 is 5.32 Å². The first kappa shape index (κ1) is 11.2. The number of nitrogens with one attached hydrogen (secondary N) is 1. The van der Waals surface area contributed by atoms with Crippen LogP contribution < -0.4 is 5.32 Å². The third kappa shape index (κ3) is 3.07. The van der Waals surface area contributed by atoms with Crippen molar-refractivity contribution in [3.63, 3.8) is 0 Å². The van der Waals surface area contributed by atoms with Crippen LogP contribution in [0.2, 0.25) is 10.2 Å². The van der Waals surface area contributed by atoms with Crippen molar-refractivity contribution in [3.05, 3.63) is 28.0 Å². The molecular weight excluding hydrogens is 231 g/mol. The number of pyridine rings is 1. The molecule has 1 fully saturated rings. The lowest BCUT2D eigenvalue weighted by molar-refractivity contribution is 0.376. The lowest BCUT2D eigenvalue weighted by atomic mass is 9.93. The van der Waals surface area contributed by atoms with Crippen LogP contribution in [0.3, 0.4) is 0 Å². The average molecular weight is 245 g/mol. The highest BCUT2D eigenvalue weighted by Crippen LogP contribution is 2.23. The molecule has 0 saturated carbocycles. The van der Waals surface area contributed by atoms with Gasteiger partial charge in [0.25, 0.3) is 0 Å². The fraction of sp³-hybridized carbons (Fsp3) is 0.545. The summed E-state index contributed by atoms with van der Waals surface area (Å²) in [5, 5.41) is 4.60. The third-order valence-electron chi connectivity index (χ3n) is 2.80. The quantitative estimate of drug-likeness (QED) is 0.810. The van der Waals surface area contributed by atoms with Gasteiger partial charge in [0.1, 0.15) is 5.15 Å². The van der Waals surface area contributed by atoms with E-state index in [0.717, 1.165) is 30.1 Å². The highest BCUT2D eigenvalue weighted by atomic mass is 35.5. The van der Waals surface area contributed by atoms with Crippen LogP contribution in [-0.2, 0) is 6.42 Å². The molecule has 1 aromatic rings. The minimum Gasteiger partial charge on any atom is -0.316 e. The van der Waals surface area contributed by atoms with Crippen molar-refractivity contribution in [2.24, 2.45) is 5.92 Å². The summed E-state index contributed by atoms with van der Waals surface area (Å²) in [6, 6.07) is 1.72. The molecule has 15 heavy (non-hydrogen) atoms. The zero-order valence-electron chi connectivity index (χ0n) is 8.47. The van der Waals surface area contributed by atoms with Crippen molar-refractivity contribution < 1.29 is 0 Å². The molecule has 0 amide bonds. The number of halogens is 2. The maximum Gasteiger partial charge on any atom is 0.130 e. The fourth-order valence-electron chi connectivity index (χ4n) is 2.00. The molecule has 82 valence electrons. The summed E-state index contributed by atoms with van der Waals surface area (Å²) in [7, 11) is 0. The van der Waals surface area contributed by atoms with Crippen molar-refractivity contribution >= 4 is 23.2 Å². The molecular formula is C11H14Cl2N2. The van der Waals surface area contributed by atoms with Crippen LogP contribution in [0.25, 0.3) is 0 Å². The van der Waals surface area contributed by atoms with E-state index in [4.69, 9.17) is 23.2 Å². The first-order valence-electron chi connectivity index (χ1n) is 5.26. The molecule has 1 N–H and O–H groups in total. The molecule has 0 spiro atoms. The number of hydrogen-bond donors (Lipinski definition) is 1. The van der Waals surface area contributed by atoms with Crippen LogP contribution in [0.5, 0.6) is 0 Å². The van der Waals surface area contributed by atoms with Gasteiger partial charge in [-0.05, 0) is 49.9 Å². The van der Waals surface area contributed by atoms with Crippen molar-refractivity contribution in [2.45, 2.75) is 19.3 Å². The van der Waals surface area contributed by atoms with E-state index in [0.29, 0.717) is 11.1 Å². The first-order chi connectivity index (χ1) is 7.25. The minimum absolute atomic E-state index is 0.463. The molecule has 1 aliphatic rings. The molecule has 2 rings (SSSR count). The summed E-state index contributed by atoms with van der Waals surface area (Å²) < 4.78 is 0. The van der Waals surface area contributed by atoms with Gasteiger partial charge in [0.2, 0.25) is 0 Å². The Hall–Kier alpha value is -0.310. The van der Waals surface area contributed by atoms with Gasteiger partial charge in [0, 0.05) is 11.2 Å². The van der Waals surface area contributed by atoms with Gasteiger partial charge in [-0.15, -0.1) is 0 Å². The molecule has 1 saturated heterocycles. The summed E-state index contributed by atoms with van der Waals surface area (Å²) in [4.78, 5) is 4.07. The second kappa shape index (κ2) is 5.15. The van der Waals surface area contributed by atoms with E-state index in [1.807, 2.05) is 0 Å². The summed E-state index contributed by atoms with van der Waals surface area (Å²) in [5.41, 5.74) is 1.11. The van der Waals surface area contributed by atoms with Gasteiger partial charge in [-0.3, -0.25) is 0 Å². The predicted molar refractivity (Wildman–Crippen MR) is 63.6 cm³/mol. The van der Waals surface area contributed by atoms with Gasteiger partial charge in [-0.25, -0.2) is 4.98 Å². The maximum atomic E-state index is 6.10. The lowest BCUT2D eigenvalue weighted by Crippen LogP contribution is -2.30. The molecule has 2 nitrogen and oxygen atoms in total. The number of hydrogen-bond acceptors (Lipinski definition) is 2. The SMILES string of the molecule is Clc1cc(Cl)c(CC2CCCNC2)cn1. The van der Waals surface area contributed by atoms with E-state index in [9.17, 15) is 0 Å². The van der Waals surface area contributed by atoms with Crippen molar-refractivity contribution in [1.82, 2.24) is 10.3 Å². The van der Waals surface area contributed by atoms with Gasteiger partial charge in [-0.2, -0.15) is 0 Å². The van der Waals surface area contributed by atoms with Gasteiger partial charge in [-0.1, -0.05) is 23.2 Å². The number of nitrogens with zero attached hydrogens (tertiary/aromatic N) is 1. The van der Waals surface area contributed by atoms with Gasteiger partial charge >= 0.3 is 0 Å². The molecule has 0 radical (unpaired) electrons. The third-order valence-corrected chi connectivity index (χ3v) is 3.36. The molecule has 0 aliphatic carbocycles. The van der Waals surface area contributed by atoms with Crippen LogP contribution in [0.1, 0.15) is 18.4 Å². The Balaban J connectivity index is 2.03. The Kier molecular flexibility index (Phi) is 3.84. The summed E-state index contributed by atoms with van der Waals surface area (Å²) in [6.07, 6.45) is 5.31. The molecule has 0 aromatic carbocycles. The summed E-state index contributed by atoms with van der Waals surface area (Å²) in [6.45, 7) is 2.22. The molecule has 0 bridgehead atoms. The van der Waals surface area contributed by atoms with Crippen molar-refractivity contribution in [2.75, 3.05) is 13.1 Å². The zero-order chi connectivity index (χ0) is 10.7. The lowest BCUT2D eigenvalue weighted by Gasteiger charge is -2.22. The Morgan fingerprint density at radius 3 is 3.00 bits per heavy atom. The second-order valence-corrected chi connectivity index (χ2v) is 4.81. The molecule has 1 aliphatic heterocycles. The Morgan fingerprint density at radius 1 is 1.47 bits per heavy atom. The van der Waals surface area contributed by atoms with E-state index in [1.54, 1.807) is 12.3 Å². The monoisotopic (exact) mass is 244 g/mol. The molecule has 1 atom stereocenters. The number of rotatable bonds is 2. The minimum atomic E-state index is 0.463. The van der Waals surface area contributed by atoms with Crippen LogP contribution in [0, 0.1) is 5.92 Å². The maximum absolute atomic E-state index is 6.10. The Morgan fingerprint density at radius 2 is 2.33 bits per heavy atom. The van der Waals surface area contributed by atoms with E-state index >= 15 is 0 Å². The highest BCUT2D eigenvalue weighted by Gasteiger charge is 2.15. The first-order valence-corrected chi connectivity index (χ1v) is 6.02. The second-order valence-electron chi connectivity index (χ2n) is 4.01. The molecule has 4 heteroatoms.